The Labute approximate surface area is 119 Å². The van der Waals surface area contributed by atoms with Gasteiger partial charge in [0.2, 0.25) is 5.91 Å². The van der Waals surface area contributed by atoms with Crippen LogP contribution in [0, 0.1) is 0 Å². The quantitative estimate of drug-likeness (QED) is 0.852. The largest absolute Gasteiger partial charge is 0.366 e. The number of carbonyl (C=O) groups is 1. The molecule has 0 aliphatic carbocycles. The third-order valence-corrected chi connectivity index (χ3v) is 3.14. The number of nitrogens with zero attached hydrogens (tertiary/aromatic N) is 4. The summed E-state index contributed by atoms with van der Waals surface area (Å²) in [7, 11) is 0. The summed E-state index contributed by atoms with van der Waals surface area (Å²) in [5.74, 6) is 0.0166. The number of nitrogens with two attached hydrogens (primary N) is 1. The maximum Gasteiger partial charge on any atom is 0.244 e. The van der Waals surface area contributed by atoms with Crippen LogP contribution in [0.1, 0.15) is 33.4 Å². The molecule has 1 amide bonds. The summed E-state index contributed by atoms with van der Waals surface area (Å²) in [5, 5.41) is 7.79. The highest BCUT2D eigenvalue weighted by Gasteiger charge is 2.39. The van der Waals surface area contributed by atoms with Crippen LogP contribution in [0.4, 0.5) is 0 Å². The highest BCUT2D eigenvalue weighted by molar-refractivity contribution is 5.76. The third kappa shape index (κ3) is 3.55. The second kappa shape index (κ2) is 5.14. The Hall–Kier alpha value is -1.47. The SMILES string of the molecule is CC1(C)CN(C(=O)Cn2cc(CN)nn2)CC(C)(C)O1. The molecule has 0 radical (unpaired) electrons. The van der Waals surface area contributed by atoms with Gasteiger partial charge in [0.15, 0.2) is 0 Å². The summed E-state index contributed by atoms with van der Waals surface area (Å²) in [5.41, 5.74) is 5.47. The third-order valence-electron chi connectivity index (χ3n) is 3.14. The lowest BCUT2D eigenvalue weighted by Crippen LogP contribution is -2.59. The monoisotopic (exact) mass is 281 g/mol. The van der Waals surface area contributed by atoms with Gasteiger partial charge in [-0.1, -0.05) is 5.21 Å². The van der Waals surface area contributed by atoms with Gasteiger partial charge in [0.25, 0.3) is 0 Å². The van der Waals surface area contributed by atoms with Gasteiger partial charge in [-0.3, -0.25) is 4.79 Å². The van der Waals surface area contributed by atoms with Crippen molar-refractivity contribution in [2.75, 3.05) is 13.1 Å². The second-order valence-corrected chi connectivity index (χ2v) is 6.48. The number of rotatable bonds is 3. The van der Waals surface area contributed by atoms with Crippen LogP contribution >= 0.6 is 0 Å². The van der Waals surface area contributed by atoms with Crippen LogP contribution in [0.5, 0.6) is 0 Å². The molecule has 0 unspecified atom stereocenters. The second-order valence-electron chi connectivity index (χ2n) is 6.48. The number of hydrogen-bond donors (Lipinski definition) is 1. The summed E-state index contributed by atoms with van der Waals surface area (Å²) in [6.07, 6.45) is 1.70. The molecule has 0 atom stereocenters. The Kier molecular flexibility index (Phi) is 3.84. The van der Waals surface area contributed by atoms with Crippen molar-refractivity contribution in [2.24, 2.45) is 5.73 Å². The van der Waals surface area contributed by atoms with Crippen LogP contribution < -0.4 is 5.73 Å². The molecule has 0 aromatic carbocycles. The maximum absolute atomic E-state index is 12.4. The zero-order chi connectivity index (χ0) is 15.0. The maximum atomic E-state index is 12.4. The average Bonchev–Trinajstić information content (AvgIpc) is 2.72. The first-order valence-electron chi connectivity index (χ1n) is 6.78. The van der Waals surface area contributed by atoms with E-state index in [1.54, 1.807) is 6.20 Å². The normalized spacial score (nSPS) is 20.9. The number of amides is 1. The zero-order valence-corrected chi connectivity index (χ0v) is 12.6. The predicted octanol–water partition coefficient (Wildman–Crippen LogP) is 0.153. The van der Waals surface area contributed by atoms with E-state index in [-0.39, 0.29) is 23.7 Å². The molecule has 1 aliphatic heterocycles. The summed E-state index contributed by atoms with van der Waals surface area (Å²) < 4.78 is 7.50. The molecular formula is C13H23N5O2. The molecule has 112 valence electrons. The van der Waals surface area contributed by atoms with Gasteiger partial charge in [0.1, 0.15) is 6.54 Å². The summed E-state index contributed by atoms with van der Waals surface area (Å²) >= 11 is 0. The van der Waals surface area contributed by atoms with Gasteiger partial charge in [-0.05, 0) is 27.7 Å². The first-order chi connectivity index (χ1) is 9.21. The number of hydrogen-bond acceptors (Lipinski definition) is 5. The van der Waals surface area contributed by atoms with Crippen LogP contribution in [0.3, 0.4) is 0 Å². The molecular weight excluding hydrogens is 258 g/mol. The average molecular weight is 281 g/mol. The van der Waals surface area contributed by atoms with Crippen molar-refractivity contribution >= 4 is 5.91 Å². The molecule has 20 heavy (non-hydrogen) atoms. The van der Waals surface area contributed by atoms with E-state index in [4.69, 9.17) is 10.5 Å². The minimum Gasteiger partial charge on any atom is -0.366 e. The van der Waals surface area contributed by atoms with Crippen molar-refractivity contribution in [1.29, 1.82) is 0 Å². The molecule has 1 aromatic rings. The molecule has 2 heterocycles. The Bertz CT molecular complexity index is 479. The van der Waals surface area contributed by atoms with E-state index in [1.807, 2.05) is 32.6 Å². The predicted molar refractivity (Wildman–Crippen MR) is 73.7 cm³/mol. The van der Waals surface area contributed by atoms with Crippen LogP contribution in [0.2, 0.25) is 0 Å². The van der Waals surface area contributed by atoms with Gasteiger partial charge in [-0.15, -0.1) is 5.10 Å². The van der Waals surface area contributed by atoms with E-state index in [0.29, 0.717) is 25.3 Å². The molecule has 0 saturated carbocycles. The number of ether oxygens (including phenoxy) is 1. The van der Waals surface area contributed by atoms with E-state index in [2.05, 4.69) is 10.3 Å². The van der Waals surface area contributed by atoms with Crippen LogP contribution in [0.15, 0.2) is 6.20 Å². The molecule has 2 N–H and O–H groups in total. The van der Waals surface area contributed by atoms with Gasteiger partial charge in [-0.2, -0.15) is 0 Å². The molecule has 7 heteroatoms. The molecule has 0 spiro atoms. The van der Waals surface area contributed by atoms with Crippen LogP contribution in [-0.2, 0) is 22.6 Å². The summed E-state index contributed by atoms with van der Waals surface area (Å²) in [4.78, 5) is 14.2. The van der Waals surface area contributed by atoms with Crippen molar-refractivity contribution in [2.45, 2.75) is 52.0 Å². The first-order valence-corrected chi connectivity index (χ1v) is 6.78. The van der Waals surface area contributed by atoms with Crippen molar-refractivity contribution < 1.29 is 9.53 Å². The van der Waals surface area contributed by atoms with Crippen LogP contribution in [0.25, 0.3) is 0 Å². The van der Waals surface area contributed by atoms with Crippen molar-refractivity contribution in [1.82, 2.24) is 19.9 Å². The summed E-state index contributed by atoms with van der Waals surface area (Å²) in [6.45, 7) is 9.64. The standard InChI is InChI=1S/C13H23N5O2/c1-12(2)8-17(9-13(3,4)20-12)11(19)7-18-6-10(5-14)15-16-18/h6H,5,7-9,14H2,1-4H3. The van der Waals surface area contributed by atoms with Crippen molar-refractivity contribution in [3.63, 3.8) is 0 Å². The molecule has 7 nitrogen and oxygen atoms in total. The van der Waals surface area contributed by atoms with E-state index in [0.717, 1.165) is 0 Å². The number of morpholine rings is 1. The van der Waals surface area contributed by atoms with Crippen molar-refractivity contribution in [3.8, 4) is 0 Å². The van der Waals surface area contributed by atoms with E-state index >= 15 is 0 Å². The topological polar surface area (TPSA) is 86.3 Å². The minimum absolute atomic E-state index is 0.0166. The Morgan fingerprint density at radius 2 is 1.95 bits per heavy atom. The Morgan fingerprint density at radius 1 is 1.35 bits per heavy atom. The fourth-order valence-electron chi connectivity index (χ4n) is 2.71. The highest BCUT2D eigenvalue weighted by atomic mass is 16.5. The van der Waals surface area contributed by atoms with Gasteiger partial charge in [-0.25, -0.2) is 4.68 Å². The molecule has 1 fully saturated rings. The Morgan fingerprint density at radius 3 is 2.45 bits per heavy atom. The lowest BCUT2D eigenvalue weighted by Gasteiger charge is -2.47. The lowest BCUT2D eigenvalue weighted by molar-refractivity contribution is -0.188. The van der Waals surface area contributed by atoms with Crippen LogP contribution in [-0.4, -0.2) is 50.1 Å². The van der Waals surface area contributed by atoms with Gasteiger partial charge in [0, 0.05) is 19.6 Å². The summed E-state index contributed by atoms with van der Waals surface area (Å²) in [6, 6.07) is 0. The molecule has 1 aromatic heterocycles. The molecule has 2 rings (SSSR count). The zero-order valence-electron chi connectivity index (χ0n) is 12.6. The molecule has 0 bridgehead atoms. The van der Waals surface area contributed by atoms with Gasteiger partial charge < -0.3 is 15.4 Å². The highest BCUT2D eigenvalue weighted by Crippen LogP contribution is 2.28. The number of carbonyl (C=O) groups excluding carboxylic acids is 1. The van der Waals surface area contributed by atoms with E-state index < -0.39 is 0 Å². The van der Waals surface area contributed by atoms with Crippen molar-refractivity contribution in [3.05, 3.63) is 11.9 Å². The van der Waals surface area contributed by atoms with Gasteiger partial charge >= 0.3 is 0 Å². The minimum atomic E-state index is -0.345. The van der Waals surface area contributed by atoms with E-state index in [1.165, 1.54) is 4.68 Å². The number of aromatic nitrogens is 3. The fraction of sp³-hybridized carbons (Fsp3) is 0.769. The smallest absolute Gasteiger partial charge is 0.244 e. The van der Waals surface area contributed by atoms with Gasteiger partial charge in [0.05, 0.1) is 23.1 Å². The molecule has 1 saturated heterocycles. The molecule has 1 aliphatic rings. The fourth-order valence-corrected chi connectivity index (χ4v) is 2.71. The Balaban J connectivity index is 2.04. The lowest BCUT2D eigenvalue weighted by atomic mass is 9.99. The first kappa shape index (κ1) is 14.9. The van der Waals surface area contributed by atoms with E-state index in [9.17, 15) is 4.79 Å².